The summed E-state index contributed by atoms with van der Waals surface area (Å²) in [7, 11) is 5.25. The molecule has 2 nitrogen and oxygen atoms in total. The largest absolute Gasteiger partial charge is 0.333 e. The van der Waals surface area contributed by atoms with E-state index in [9.17, 15) is 0 Å². The van der Waals surface area contributed by atoms with E-state index in [1.54, 1.807) is 0 Å². The van der Waals surface area contributed by atoms with Crippen molar-refractivity contribution in [2.75, 3.05) is 27.0 Å². The topological polar surface area (TPSA) is 38.0 Å². The van der Waals surface area contributed by atoms with Crippen molar-refractivity contribution in [2.24, 2.45) is 5.73 Å². The second-order valence-corrected chi connectivity index (χ2v) is 0.500. The highest BCUT2D eigenvalue weighted by Crippen LogP contribution is 1.45. The van der Waals surface area contributed by atoms with E-state index in [1.165, 1.54) is 7.05 Å². The summed E-state index contributed by atoms with van der Waals surface area (Å²) in [6.07, 6.45) is 0. The third kappa shape index (κ3) is 774. The Labute approximate surface area is 54.6 Å². The Morgan fingerprint density at radius 1 is 1.14 bits per heavy atom. The fraction of sp³-hybridized carbons (Fsp3) is 1.00. The highest BCUT2D eigenvalue weighted by molar-refractivity contribution is 9.08. The minimum absolute atomic E-state index is 1.50. The van der Waals surface area contributed by atoms with Crippen molar-refractivity contribution in [1.82, 2.24) is 5.32 Å². The average molecular weight is 171 g/mol. The average Bonchev–Trinajstić information content (AvgIpc) is 1.78. The van der Waals surface area contributed by atoms with E-state index in [2.05, 4.69) is 27.0 Å². The number of nitrogens with one attached hydrogen (secondary N) is 1. The molecular formula is C4H15BrN2. The molecule has 0 amide bonds. The van der Waals surface area contributed by atoms with Crippen molar-refractivity contribution in [3.63, 3.8) is 0 Å². The molecule has 0 heterocycles. The molecule has 0 aliphatic heterocycles. The summed E-state index contributed by atoms with van der Waals surface area (Å²) in [4.78, 5) is 0. The van der Waals surface area contributed by atoms with Gasteiger partial charge in [-0.1, -0.05) is 15.9 Å². The first-order chi connectivity index (χ1) is 3.41. The maximum Gasteiger partial charge on any atom is -0.00848 e. The van der Waals surface area contributed by atoms with Crippen LogP contribution in [0.3, 0.4) is 0 Å². The molecule has 0 spiro atoms. The van der Waals surface area contributed by atoms with Gasteiger partial charge in [0.2, 0.25) is 0 Å². The molecule has 0 radical (unpaired) electrons. The van der Waals surface area contributed by atoms with Gasteiger partial charge in [-0.2, -0.15) is 0 Å². The molecule has 0 atom stereocenters. The van der Waals surface area contributed by atoms with Crippen molar-refractivity contribution in [1.29, 1.82) is 0 Å². The number of hydrogen-bond donors (Lipinski definition) is 2. The van der Waals surface area contributed by atoms with E-state index in [1.807, 2.05) is 19.9 Å². The van der Waals surface area contributed by atoms with Gasteiger partial charge < -0.3 is 11.1 Å². The van der Waals surface area contributed by atoms with Gasteiger partial charge in [0.05, 0.1) is 0 Å². The van der Waals surface area contributed by atoms with E-state index in [0.29, 0.717) is 0 Å². The molecule has 48 valence electrons. The first-order valence-electron chi connectivity index (χ1n) is 1.96. The van der Waals surface area contributed by atoms with E-state index < -0.39 is 0 Å². The smallest absolute Gasteiger partial charge is 0.00848 e. The summed E-state index contributed by atoms with van der Waals surface area (Å²) in [5, 5.41) is 2.75. The Morgan fingerprint density at radius 3 is 1.14 bits per heavy atom. The van der Waals surface area contributed by atoms with Crippen LogP contribution in [0.1, 0.15) is 0 Å². The second kappa shape index (κ2) is 95.2. The van der Waals surface area contributed by atoms with Crippen LogP contribution in [0.5, 0.6) is 0 Å². The number of rotatable bonds is 0. The molecule has 0 saturated carbocycles. The third-order valence-electron chi connectivity index (χ3n) is 0. The van der Waals surface area contributed by atoms with E-state index in [-0.39, 0.29) is 0 Å². The number of hydrogen-bond acceptors (Lipinski definition) is 2. The molecule has 0 aromatic heterocycles. The van der Waals surface area contributed by atoms with Gasteiger partial charge in [-0.25, -0.2) is 0 Å². The Hall–Kier alpha value is 0.400. The number of alkyl halides is 1. The van der Waals surface area contributed by atoms with Crippen LogP contribution >= 0.6 is 15.9 Å². The summed E-state index contributed by atoms with van der Waals surface area (Å²) in [5.74, 6) is 1.81. The minimum atomic E-state index is 1.50. The van der Waals surface area contributed by atoms with Crippen molar-refractivity contribution >= 4 is 15.9 Å². The molecule has 0 aliphatic rings. The Morgan fingerprint density at radius 2 is 1.14 bits per heavy atom. The lowest BCUT2D eigenvalue weighted by molar-refractivity contribution is 1.02. The first-order valence-corrected chi connectivity index (χ1v) is 3.54. The highest BCUT2D eigenvalue weighted by Gasteiger charge is 1.25. The third-order valence-corrected chi connectivity index (χ3v) is 0. The summed E-state index contributed by atoms with van der Waals surface area (Å²) in [6.45, 7) is 0. The van der Waals surface area contributed by atoms with E-state index in [0.717, 1.165) is 0 Å². The predicted molar refractivity (Wildman–Crippen MR) is 39.9 cm³/mol. The zero-order valence-electron chi connectivity index (χ0n) is 5.46. The summed E-state index contributed by atoms with van der Waals surface area (Å²) >= 11 is 2.94. The molecule has 3 N–H and O–H groups in total. The summed E-state index contributed by atoms with van der Waals surface area (Å²) in [5.41, 5.74) is 4.50. The Balaban J connectivity index is -0.0000000360. The Kier molecular flexibility index (Phi) is 213. The van der Waals surface area contributed by atoms with Crippen molar-refractivity contribution < 1.29 is 0 Å². The molecule has 0 saturated heterocycles. The molecule has 0 aliphatic carbocycles. The summed E-state index contributed by atoms with van der Waals surface area (Å²) < 4.78 is 0. The van der Waals surface area contributed by atoms with Crippen LogP contribution < -0.4 is 11.1 Å². The molecule has 0 fully saturated rings. The second-order valence-electron chi connectivity index (χ2n) is 0.500. The molecule has 7 heavy (non-hydrogen) atoms. The van der Waals surface area contributed by atoms with E-state index in [4.69, 9.17) is 0 Å². The zero-order valence-corrected chi connectivity index (χ0v) is 7.04. The van der Waals surface area contributed by atoms with Crippen LogP contribution in [-0.2, 0) is 0 Å². The lowest BCUT2D eigenvalue weighted by atomic mass is 11.3. The lowest BCUT2D eigenvalue weighted by Gasteiger charge is -1.59. The molecule has 0 unspecified atom stereocenters. The van der Waals surface area contributed by atoms with Crippen LogP contribution in [0.4, 0.5) is 0 Å². The molecule has 3 heteroatoms. The maximum absolute atomic E-state index is 4.50. The van der Waals surface area contributed by atoms with Gasteiger partial charge in [0.25, 0.3) is 0 Å². The van der Waals surface area contributed by atoms with Crippen LogP contribution in [-0.4, -0.2) is 27.0 Å². The lowest BCUT2D eigenvalue weighted by Crippen LogP contribution is -1.89. The molecule has 0 rings (SSSR count). The van der Waals surface area contributed by atoms with Gasteiger partial charge in [0.1, 0.15) is 0 Å². The van der Waals surface area contributed by atoms with Gasteiger partial charge in [-0.3, -0.25) is 0 Å². The number of nitrogens with two attached hydrogens (primary N) is 1. The zero-order chi connectivity index (χ0) is 6.71. The quantitative estimate of drug-likeness (QED) is 0.518. The Bertz CT molecular complexity index is 9.65. The van der Waals surface area contributed by atoms with Gasteiger partial charge in [0, 0.05) is 0 Å². The van der Waals surface area contributed by atoms with Gasteiger partial charge in [-0.15, -0.1) is 0 Å². The summed E-state index contributed by atoms with van der Waals surface area (Å²) in [6, 6.07) is 0. The van der Waals surface area contributed by atoms with Crippen molar-refractivity contribution in [2.45, 2.75) is 0 Å². The standard InChI is InChI=1S/C2H7N.CH3Br.CH5N/c1-3-2;2*1-2/h3H,1-2H3;1H3;2H2,1H3. The molecule has 0 bridgehead atoms. The number of halogens is 1. The van der Waals surface area contributed by atoms with Gasteiger partial charge >= 0.3 is 0 Å². The fourth-order valence-corrected chi connectivity index (χ4v) is 0. The monoisotopic (exact) mass is 170 g/mol. The van der Waals surface area contributed by atoms with Crippen LogP contribution in [0.15, 0.2) is 0 Å². The van der Waals surface area contributed by atoms with Crippen molar-refractivity contribution in [3.8, 4) is 0 Å². The van der Waals surface area contributed by atoms with Crippen LogP contribution in [0.2, 0.25) is 0 Å². The van der Waals surface area contributed by atoms with Gasteiger partial charge in [-0.05, 0) is 27.0 Å². The maximum atomic E-state index is 4.50. The van der Waals surface area contributed by atoms with Crippen LogP contribution in [0, 0.1) is 0 Å². The molecular weight excluding hydrogens is 156 g/mol. The highest BCUT2D eigenvalue weighted by atomic mass is 79.9. The molecule has 0 aromatic rings. The first kappa shape index (κ1) is 15.7. The van der Waals surface area contributed by atoms with Crippen LogP contribution in [0.25, 0.3) is 0 Å². The SMILES string of the molecule is CBr.CN.CNC. The fourth-order valence-electron chi connectivity index (χ4n) is 0. The van der Waals surface area contributed by atoms with Crippen molar-refractivity contribution in [3.05, 3.63) is 0 Å². The normalized spacial score (nSPS) is 4.29. The predicted octanol–water partition coefficient (Wildman–Crippen LogP) is 0.422. The minimum Gasteiger partial charge on any atom is -0.333 e. The molecule has 0 aromatic carbocycles. The van der Waals surface area contributed by atoms with E-state index >= 15 is 0 Å². The van der Waals surface area contributed by atoms with Gasteiger partial charge in [0.15, 0.2) is 0 Å².